The van der Waals surface area contributed by atoms with Crippen molar-refractivity contribution in [1.29, 1.82) is 0 Å². The van der Waals surface area contributed by atoms with E-state index in [1.54, 1.807) is 6.92 Å². The predicted molar refractivity (Wildman–Crippen MR) is 89.5 cm³/mol. The fourth-order valence-electron chi connectivity index (χ4n) is 2.50. The number of carboxylic acid groups (broad SMARTS) is 1. The Morgan fingerprint density at radius 2 is 1.84 bits per heavy atom. The maximum absolute atomic E-state index is 13.5. The molecule has 3 aromatic rings. The lowest BCUT2D eigenvalue weighted by atomic mass is 10.1. The molecular formula is C18H13FN2O4. The van der Waals surface area contributed by atoms with Crippen LogP contribution in [0.2, 0.25) is 0 Å². The number of aryl methyl sites for hydroxylation is 1. The van der Waals surface area contributed by atoms with Crippen LogP contribution in [0.5, 0.6) is 5.75 Å². The van der Waals surface area contributed by atoms with Gasteiger partial charge in [0.25, 0.3) is 5.91 Å². The number of carboxylic acids is 1. The van der Waals surface area contributed by atoms with E-state index in [4.69, 9.17) is 5.11 Å². The molecule has 0 saturated heterocycles. The summed E-state index contributed by atoms with van der Waals surface area (Å²) >= 11 is 0. The molecular weight excluding hydrogens is 327 g/mol. The topological polar surface area (TPSA) is 99.5 Å². The fourth-order valence-corrected chi connectivity index (χ4v) is 2.50. The number of carbonyl (C=O) groups excluding carboxylic acids is 1. The Bertz CT molecular complexity index is 1020. The van der Waals surface area contributed by atoms with Gasteiger partial charge in [-0.15, -0.1) is 0 Å². The van der Waals surface area contributed by atoms with Gasteiger partial charge in [0, 0.05) is 16.8 Å². The van der Waals surface area contributed by atoms with E-state index in [2.05, 4.69) is 10.3 Å². The standard InChI is InChI=1S/C18H13FN2O4/c1-9-6-13(12-7-10(19)2-4-15(12)20-9)17(23)21-11-3-5-16(22)14(8-11)18(24)25/h2-8,22H,1H3,(H,21,23)(H,24,25). The highest BCUT2D eigenvalue weighted by Gasteiger charge is 2.15. The van der Waals surface area contributed by atoms with Crippen LogP contribution in [-0.4, -0.2) is 27.1 Å². The van der Waals surface area contributed by atoms with Gasteiger partial charge in [-0.2, -0.15) is 0 Å². The van der Waals surface area contributed by atoms with E-state index in [0.29, 0.717) is 16.6 Å². The molecule has 1 amide bonds. The third-order valence-electron chi connectivity index (χ3n) is 3.63. The molecule has 1 heterocycles. The van der Waals surface area contributed by atoms with E-state index in [1.807, 2.05) is 0 Å². The number of carbonyl (C=O) groups is 2. The maximum Gasteiger partial charge on any atom is 0.339 e. The van der Waals surface area contributed by atoms with Crippen molar-refractivity contribution in [2.75, 3.05) is 5.32 Å². The number of hydrogen-bond donors (Lipinski definition) is 3. The van der Waals surface area contributed by atoms with Crippen LogP contribution in [0.4, 0.5) is 10.1 Å². The Labute approximate surface area is 141 Å². The molecule has 0 saturated carbocycles. The van der Waals surface area contributed by atoms with E-state index >= 15 is 0 Å². The van der Waals surface area contributed by atoms with Gasteiger partial charge in [0.1, 0.15) is 17.1 Å². The number of fused-ring (bicyclic) bond motifs is 1. The van der Waals surface area contributed by atoms with Gasteiger partial charge < -0.3 is 15.5 Å². The number of aromatic hydroxyl groups is 1. The van der Waals surface area contributed by atoms with E-state index in [-0.39, 0.29) is 16.8 Å². The van der Waals surface area contributed by atoms with E-state index in [1.165, 1.54) is 36.4 Å². The molecule has 0 spiro atoms. The summed E-state index contributed by atoms with van der Waals surface area (Å²) in [6.45, 7) is 1.71. The molecule has 2 aromatic carbocycles. The zero-order valence-corrected chi connectivity index (χ0v) is 13.1. The van der Waals surface area contributed by atoms with Gasteiger partial charge in [-0.3, -0.25) is 9.78 Å². The number of amides is 1. The van der Waals surface area contributed by atoms with Crippen LogP contribution in [-0.2, 0) is 0 Å². The summed E-state index contributed by atoms with van der Waals surface area (Å²) in [7, 11) is 0. The second-order valence-corrected chi connectivity index (χ2v) is 5.46. The van der Waals surface area contributed by atoms with Gasteiger partial charge >= 0.3 is 5.97 Å². The largest absolute Gasteiger partial charge is 0.507 e. The van der Waals surface area contributed by atoms with Gasteiger partial charge in [-0.05, 0) is 49.4 Å². The van der Waals surface area contributed by atoms with Gasteiger partial charge in [0.05, 0.1) is 11.1 Å². The second kappa shape index (κ2) is 6.20. The normalized spacial score (nSPS) is 10.6. The van der Waals surface area contributed by atoms with E-state index in [0.717, 1.165) is 6.07 Å². The summed E-state index contributed by atoms with van der Waals surface area (Å²) in [5.74, 6) is -2.76. The van der Waals surface area contributed by atoms with Gasteiger partial charge in [-0.25, -0.2) is 9.18 Å². The van der Waals surface area contributed by atoms with Crippen molar-refractivity contribution < 1.29 is 24.2 Å². The first-order valence-electron chi connectivity index (χ1n) is 7.30. The van der Waals surface area contributed by atoms with Crippen molar-refractivity contribution in [3.63, 3.8) is 0 Å². The molecule has 7 heteroatoms. The highest BCUT2D eigenvalue weighted by Crippen LogP contribution is 2.24. The molecule has 0 fully saturated rings. The minimum atomic E-state index is -1.32. The molecule has 3 N–H and O–H groups in total. The molecule has 0 bridgehead atoms. The average molecular weight is 340 g/mol. The van der Waals surface area contributed by atoms with Crippen molar-refractivity contribution in [1.82, 2.24) is 4.98 Å². The molecule has 0 radical (unpaired) electrons. The molecule has 3 rings (SSSR count). The number of rotatable bonds is 3. The van der Waals surface area contributed by atoms with Crippen LogP contribution in [0.3, 0.4) is 0 Å². The Morgan fingerprint density at radius 1 is 1.08 bits per heavy atom. The number of anilines is 1. The second-order valence-electron chi connectivity index (χ2n) is 5.46. The van der Waals surface area contributed by atoms with Crippen molar-refractivity contribution in [3.05, 3.63) is 65.1 Å². The zero-order valence-electron chi connectivity index (χ0n) is 13.1. The van der Waals surface area contributed by atoms with Crippen LogP contribution in [0, 0.1) is 12.7 Å². The van der Waals surface area contributed by atoms with Crippen LogP contribution >= 0.6 is 0 Å². The average Bonchev–Trinajstić information content (AvgIpc) is 2.56. The Kier molecular flexibility index (Phi) is 4.06. The number of hydrogen-bond acceptors (Lipinski definition) is 4. The summed E-state index contributed by atoms with van der Waals surface area (Å²) in [5.41, 5.74) is 1.13. The summed E-state index contributed by atoms with van der Waals surface area (Å²) in [6, 6.07) is 9.18. The zero-order chi connectivity index (χ0) is 18.1. The van der Waals surface area contributed by atoms with Gasteiger partial charge in [-0.1, -0.05) is 0 Å². The quantitative estimate of drug-likeness (QED) is 0.635. The third kappa shape index (κ3) is 3.25. The highest BCUT2D eigenvalue weighted by molar-refractivity contribution is 6.12. The molecule has 25 heavy (non-hydrogen) atoms. The van der Waals surface area contributed by atoms with Crippen molar-refractivity contribution >= 4 is 28.5 Å². The number of aromatic nitrogens is 1. The van der Waals surface area contributed by atoms with Crippen LogP contribution in [0.25, 0.3) is 10.9 Å². The SMILES string of the molecule is Cc1cc(C(=O)Nc2ccc(O)c(C(=O)O)c2)c2cc(F)ccc2n1. The Morgan fingerprint density at radius 3 is 2.56 bits per heavy atom. The first-order chi connectivity index (χ1) is 11.8. The summed E-state index contributed by atoms with van der Waals surface area (Å²) in [5, 5.41) is 21.5. The summed E-state index contributed by atoms with van der Waals surface area (Å²) in [4.78, 5) is 27.9. The number of nitrogens with one attached hydrogen (secondary N) is 1. The first-order valence-corrected chi connectivity index (χ1v) is 7.30. The van der Waals surface area contributed by atoms with Crippen LogP contribution < -0.4 is 5.32 Å². The number of phenols is 1. The number of benzene rings is 2. The number of aromatic carboxylic acids is 1. The maximum atomic E-state index is 13.5. The lowest BCUT2D eigenvalue weighted by Crippen LogP contribution is -2.14. The molecule has 0 unspecified atom stereocenters. The Hall–Kier alpha value is -3.48. The first kappa shape index (κ1) is 16.4. The molecule has 0 aliphatic rings. The molecule has 1 aromatic heterocycles. The van der Waals surface area contributed by atoms with Crippen molar-refractivity contribution in [2.45, 2.75) is 6.92 Å². The molecule has 0 aliphatic carbocycles. The van der Waals surface area contributed by atoms with Crippen molar-refractivity contribution in [3.8, 4) is 5.75 Å². The minimum Gasteiger partial charge on any atom is -0.507 e. The van der Waals surface area contributed by atoms with Crippen LogP contribution in [0.15, 0.2) is 42.5 Å². The third-order valence-corrected chi connectivity index (χ3v) is 3.63. The van der Waals surface area contributed by atoms with Crippen LogP contribution in [0.1, 0.15) is 26.4 Å². The Balaban J connectivity index is 2.02. The number of pyridine rings is 1. The monoisotopic (exact) mass is 340 g/mol. The molecule has 0 aliphatic heterocycles. The summed E-state index contributed by atoms with van der Waals surface area (Å²) < 4.78 is 13.5. The molecule has 126 valence electrons. The number of nitrogens with zero attached hydrogens (tertiary/aromatic N) is 1. The van der Waals surface area contributed by atoms with E-state index in [9.17, 15) is 19.1 Å². The summed E-state index contributed by atoms with van der Waals surface area (Å²) in [6.07, 6.45) is 0. The smallest absolute Gasteiger partial charge is 0.339 e. The molecule has 6 nitrogen and oxygen atoms in total. The lowest BCUT2D eigenvalue weighted by Gasteiger charge is -2.10. The van der Waals surface area contributed by atoms with Gasteiger partial charge in [0.2, 0.25) is 0 Å². The minimum absolute atomic E-state index is 0.194. The lowest BCUT2D eigenvalue weighted by molar-refractivity contribution is 0.0693. The molecule has 0 atom stereocenters. The number of halogens is 1. The van der Waals surface area contributed by atoms with Crippen molar-refractivity contribution in [2.24, 2.45) is 0 Å². The van der Waals surface area contributed by atoms with E-state index < -0.39 is 23.4 Å². The highest BCUT2D eigenvalue weighted by atomic mass is 19.1. The fraction of sp³-hybridized carbons (Fsp3) is 0.0556. The van der Waals surface area contributed by atoms with Gasteiger partial charge in [0.15, 0.2) is 0 Å². The predicted octanol–water partition coefficient (Wildman–Crippen LogP) is 3.34.